The van der Waals surface area contributed by atoms with Gasteiger partial charge < -0.3 is 9.47 Å². The van der Waals surface area contributed by atoms with E-state index >= 15 is 0 Å². The maximum atomic E-state index is 12.2. The van der Waals surface area contributed by atoms with Crippen LogP contribution in [0.1, 0.15) is 37.5 Å². The van der Waals surface area contributed by atoms with E-state index in [4.69, 9.17) is 9.47 Å². The van der Waals surface area contributed by atoms with Crippen LogP contribution in [0.4, 0.5) is 5.69 Å². The van der Waals surface area contributed by atoms with Crippen molar-refractivity contribution in [3.63, 3.8) is 0 Å². The molecule has 0 spiro atoms. The Morgan fingerprint density at radius 2 is 1.81 bits per heavy atom. The molecule has 138 valence electrons. The molecule has 0 radical (unpaired) electrons. The van der Waals surface area contributed by atoms with Crippen molar-refractivity contribution >= 4 is 11.7 Å². The summed E-state index contributed by atoms with van der Waals surface area (Å²) < 4.78 is 10.9. The van der Waals surface area contributed by atoms with Crippen LogP contribution in [0.25, 0.3) is 0 Å². The van der Waals surface area contributed by atoms with Gasteiger partial charge in [0, 0.05) is 17.2 Å². The quantitative estimate of drug-likeness (QED) is 0.341. The molecule has 6 nitrogen and oxygen atoms in total. The molecular weight excluding hydrogens is 334 g/mol. The number of carbonyl (C=O) groups is 1. The minimum absolute atomic E-state index is 0.00870. The van der Waals surface area contributed by atoms with Gasteiger partial charge in [-0.15, -0.1) is 0 Å². The van der Waals surface area contributed by atoms with Gasteiger partial charge in [-0.25, -0.2) is 4.79 Å². The molecule has 0 saturated heterocycles. The highest BCUT2D eigenvalue weighted by atomic mass is 16.6. The van der Waals surface area contributed by atoms with E-state index in [1.54, 1.807) is 13.0 Å². The highest BCUT2D eigenvalue weighted by molar-refractivity contribution is 5.74. The molecule has 0 aliphatic carbocycles. The standard InChI is InChI=1S/C20H23NO5/c1-13-6-9-18(16(10-13)20(3,4)5)26-19(22)12-25-15-7-8-17(21(23)24)14(2)11-15/h6-11H,12H2,1-5H3. The molecule has 0 amide bonds. The Morgan fingerprint density at radius 1 is 1.12 bits per heavy atom. The van der Waals surface area contributed by atoms with Gasteiger partial charge in [-0.1, -0.05) is 38.5 Å². The molecule has 2 rings (SSSR count). The summed E-state index contributed by atoms with van der Waals surface area (Å²) in [7, 11) is 0. The molecule has 0 aromatic heterocycles. The average molecular weight is 357 g/mol. The number of benzene rings is 2. The number of esters is 1. The zero-order valence-electron chi connectivity index (χ0n) is 15.7. The summed E-state index contributed by atoms with van der Waals surface area (Å²) in [6, 6.07) is 10.0. The van der Waals surface area contributed by atoms with Crippen LogP contribution >= 0.6 is 0 Å². The molecule has 0 heterocycles. The van der Waals surface area contributed by atoms with Crippen molar-refractivity contribution in [1.82, 2.24) is 0 Å². The first kappa shape index (κ1) is 19.4. The van der Waals surface area contributed by atoms with Crippen LogP contribution in [0.3, 0.4) is 0 Å². The van der Waals surface area contributed by atoms with Crippen LogP contribution in [0.15, 0.2) is 36.4 Å². The number of aryl methyl sites for hydroxylation is 2. The Morgan fingerprint density at radius 3 is 2.38 bits per heavy atom. The molecule has 0 unspecified atom stereocenters. The molecule has 0 aliphatic heterocycles. The number of nitro groups is 1. The maximum Gasteiger partial charge on any atom is 0.349 e. The maximum absolute atomic E-state index is 12.2. The topological polar surface area (TPSA) is 78.7 Å². The SMILES string of the molecule is Cc1ccc(OC(=O)COc2ccc([N+](=O)[O-])c(C)c2)c(C(C)(C)C)c1. The van der Waals surface area contributed by atoms with Crippen molar-refractivity contribution in [1.29, 1.82) is 0 Å². The predicted molar refractivity (Wildman–Crippen MR) is 98.8 cm³/mol. The Kier molecular flexibility index (Phi) is 5.65. The Bertz CT molecular complexity index is 837. The molecule has 26 heavy (non-hydrogen) atoms. The molecule has 2 aromatic rings. The van der Waals surface area contributed by atoms with E-state index in [2.05, 4.69) is 20.8 Å². The Balaban J connectivity index is 2.06. The zero-order valence-corrected chi connectivity index (χ0v) is 15.7. The summed E-state index contributed by atoms with van der Waals surface area (Å²) in [5.74, 6) is 0.358. The van der Waals surface area contributed by atoms with Crippen LogP contribution in [0.5, 0.6) is 11.5 Å². The lowest BCUT2D eigenvalue weighted by Gasteiger charge is -2.22. The fourth-order valence-corrected chi connectivity index (χ4v) is 2.54. The van der Waals surface area contributed by atoms with Crippen LogP contribution in [-0.2, 0) is 10.2 Å². The number of nitro benzene ring substituents is 1. The molecule has 6 heteroatoms. The smallest absolute Gasteiger partial charge is 0.349 e. The minimum Gasteiger partial charge on any atom is -0.482 e. The van der Waals surface area contributed by atoms with Crippen LogP contribution in [-0.4, -0.2) is 17.5 Å². The van der Waals surface area contributed by atoms with Gasteiger partial charge in [-0.05, 0) is 37.5 Å². The molecule has 0 N–H and O–H groups in total. The van der Waals surface area contributed by atoms with E-state index < -0.39 is 10.9 Å². The minimum atomic E-state index is -0.532. The van der Waals surface area contributed by atoms with Gasteiger partial charge in [0.05, 0.1) is 4.92 Å². The van der Waals surface area contributed by atoms with Crippen molar-refractivity contribution in [3.05, 3.63) is 63.2 Å². The van der Waals surface area contributed by atoms with E-state index in [1.165, 1.54) is 18.2 Å². The molecule has 0 aliphatic rings. The van der Waals surface area contributed by atoms with Gasteiger partial charge in [-0.3, -0.25) is 10.1 Å². The first-order valence-corrected chi connectivity index (χ1v) is 8.27. The average Bonchev–Trinajstić information content (AvgIpc) is 2.53. The summed E-state index contributed by atoms with van der Waals surface area (Å²) in [5, 5.41) is 10.8. The molecule has 2 aromatic carbocycles. The largest absolute Gasteiger partial charge is 0.482 e. The lowest BCUT2D eigenvalue weighted by atomic mass is 9.85. The second kappa shape index (κ2) is 7.56. The van der Waals surface area contributed by atoms with E-state index in [-0.39, 0.29) is 17.7 Å². The monoisotopic (exact) mass is 357 g/mol. The Hall–Kier alpha value is -2.89. The second-order valence-corrected chi connectivity index (χ2v) is 7.22. The van der Waals surface area contributed by atoms with Crippen molar-refractivity contribution in [2.75, 3.05) is 6.61 Å². The second-order valence-electron chi connectivity index (χ2n) is 7.22. The fraction of sp³-hybridized carbons (Fsp3) is 0.350. The highest BCUT2D eigenvalue weighted by Gasteiger charge is 2.21. The third kappa shape index (κ3) is 4.81. The summed E-state index contributed by atoms with van der Waals surface area (Å²) in [6.45, 7) is 9.47. The van der Waals surface area contributed by atoms with E-state index in [0.29, 0.717) is 17.1 Å². The van der Waals surface area contributed by atoms with Crippen molar-refractivity contribution in [2.24, 2.45) is 0 Å². The van der Waals surface area contributed by atoms with Gasteiger partial charge in [0.1, 0.15) is 11.5 Å². The number of rotatable bonds is 5. The summed E-state index contributed by atoms with van der Waals surface area (Å²) in [6.07, 6.45) is 0. The molecule has 0 saturated carbocycles. The first-order valence-electron chi connectivity index (χ1n) is 8.27. The Labute approximate surface area is 152 Å². The lowest BCUT2D eigenvalue weighted by molar-refractivity contribution is -0.385. The van der Waals surface area contributed by atoms with Crippen molar-refractivity contribution in [3.8, 4) is 11.5 Å². The molecular formula is C20H23NO5. The van der Waals surface area contributed by atoms with Gasteiger partial charge in [0.2, 0.25) is 0 Å². The molecule has 0 fully saturated rings. The fourth-order valence-electron chi connectivity index (χ4n) is 2.54. The van der Waals surface area contributed by atoms with E-state index in [0.717, 1.165) is 11.1 Å². The number of carbonyl (C=O) groups excluding carboxylic acids is 1. The van der Waals surface area contributed by atoms with Crippen LogP contribution < -0.4 is 9.47 Å². The lowest BCUT2D eigenvalue weighted by Crippen LogP contribution is -2.21. The normalized spacial score (nSPS) is 11.1. The number of hydrogen-bond donors (Lipinski definition) is 0. The summed E-state index contributed by atoms with van der Waals surface area (Å²) >= 11 is 0. The predicted octanol–water partition coefficient (Wildman–Crippen LogP) is 4.49. The van der Waals surface area contributed by atoms with Gasteiger partial charge in [-0.2, -0.15) is 0 Å². The zero-order chi connectivity index (χ0) is 19.5. The van der Waals surface area contributed by atoms with Crippen molar-refractivity contribution < 1.29 is 19.2 Å². The number of nitrogens with zero attached hydrogens (tertiary/aromatic N) is 1. The van der Waals surface area contributed by atoms with Crippen LogP contribution in [0.2, 0.25) is 0 Å². The van der Waals surface area contributed by atoms with Crippen molar-refractivity contribution in [2.45, 2.75) is 40.0 Å². The third-order valence-corrected chi connectivity index (χ3v) is 3.89. The van der Waals surface area contributed by atoms with Gasteiger partial charge in [0.15, 0.2) is 6.61 Å². The van der Waals surface area contributed by atoms with Gasteiger partial charge >= 0.3 is 5.97 Å². The third-order valence-electron chi connectivity index (χ3n) is 3.89. The number of hydrogen-bond acceptors (Lipinski definition) is 5. The first-order chi connectivity index (χ1) is 12.1. The van der Waals surface area contributed by atoms with Crippen LogP contribution in [0, 0.1) is 24.0 Å². The molecule has 0 bridgehead atoms. The van der Waals surface area contributed by atoms with E-state index in [9.17, 15) is 14.9 Å². The van der Waals surface area contributed by atoms with Gasteiger partial charge in [0.25, 0.3) is 5.69 Å². The summed E-state index contributed by atoms with van der Waals surface area (Å²) in [4.78, 5) is 22.5. The number of ether oxygens (including phenoxy) is 2. The summed E-state index contributed by atoms with van der Waals surface area (Å²) in [5.41, 5.74) is 2.34. The molecule has 0 atom stereocenters. The van der Waals surface area contributed by atoms with E-state index in [1.807, 2.05) is 19.1 Å². The highest BCUT2D eigenvalue weighted by Crippen LogP contribution is 2.32.